The normalized spacial score (nSPS) is 11.9. The summed E-state index contributed by atoms with van der Waals surface area (Å²) in [5.74, 6) is 0. The maximum absolute atomic E-state index is 12.1. The second kappa shape index (κ2) is 5.36. The van der Waals surface area contributed by atoms with Gasteiger partial charge in [0.05, 0.1) is 4.90 Å². The lowest BCUT2D eigenvalue weighted by Gasteiger charge is -2.02. The van der Waals surface area contributed by atoms with E-state index >= 15 is 0 Å². The molecule has 0 aliphatic carbocycles. The molecule has 19 heavy (non-hydrogen) atoms. The van der Waals surface area contributed by atoms with Gasteiger partial charge in [-0.05, 0) is 31.0 Å². The van der Waals surface area contributed by atoms with E-state index in [-0.39, 0.29) is 4.90 Å². The molecule has 0 aliphatic heterocycles. The van der Waals surface area contributed by atoms with Crippen LogP contribution in [-0.2, 0) is 10.0 Å². The van der Waals surface area contributed by atoms with Gasteiger partial charge in [0.15, 0.2) is 0 Å². The molecule has 0 unspecified atom stereocenters. The van der Waals surface area contributed by atoms with E-state index < -0.39 is 10.0 Å². The monoisotopic (exact) mass is 273 g/mol. The van der Waals surface area contributed by atoms with E-state index in [4.69, 9.17) is 0 Å². The lowest BCUT2D eigenvalue weighted by atomic mass is 10.2. The number of hydrogen-bond donors (Lipinski definition) is 0. The summed E-state index contributed by atoms with van der Waals surface area (Å²) in [5, 5.41) is 0. The van der Waals surface area contributed by atoms with Crippen LogP contribution in [0.2, 0.25) is 0 Å². The van der Waals surface area contributed by atoms with Gasteiger partial charge in [-0.2, -0.15) is 12.8 Å². The van der Waals surface area contributed by atoms with Crippen molar-refractivity contribution < 1.29 is 8.42 Å². The number of hydrogen-bond acceptors (Lipinski definition) is 2. The van der Waals surface area contributed by atoms with Crippen LogP contribution in [0.4, 0.5) is 0 Å². The summed E-state index contributed by atoms with van der Waals surface area (Å²) in [5.41, 5.74) is 2.59. The molecule has 0 N–H and O–H groups in total. The van der Waals surface area contributed by atoms with Crippen LogP contribution in [0.5, 0.6) is 0 Å². The van der Waals surface area contributed by atoms with Crippen LogP contribution < -0.4 is 0 Å². The van der Waals surface area contributed by atoms with Crippen molar-refractivity contribution in [2.45, 2.75) is 18.7 Å². The molecule has 4 heteroatoms. The van der Waals surface area contributed by atoms with Crippen LogP contribution >= 0.6 is 0 Å². The number of aryl methyl sites for hydroxylation is 2. The summed E-state index contributed by atoms with van der Waals surface area (Å²) in [6.45, 7) is 3.74. The molecule has 0 aromatic heterocycles. The van der Waals surface area contributed by atoms with E-state index in [1.807, 2.05) is 31.2 Å². The molecule has 0 aliphatic rings. The van der Waals surface area contributed by atoms with Gasteiger partial charge >= 0.3 is 0 Å². The first-order valence-corrected chi connectivity index (χ1v) is 7.36. The zero-order chi connectivity index (χ0) is 13.9. The highest BCUT2D eigenvalue weighted by Crippen LogP contribution is 2.16. The van der Waals surface area contributed by atoms with Crippen molar-refractivity contribution in [2.24, 2.45) is 4.40 Å². The smallest absolute Gasteiger partial charge is 0.199 e. The van der Waals surface area contributed by atoms with Gasteiger partial charge in [-0.25, -0.2) is 0 Å². The predicted octanol–water partition coefficient (Wildman–Crippen LogP) is 3.11. The highest BCUT2D eigenvalue weighted by Gasteiger charge is 2.13. The summed E-state index contributed by atoms with van der Waals surface area (Å²) in [6.07, 6.45) is 1.38. The molecule has 0 heterocycles. The Labute approximate surface area is 113 Å². The minimum Gasteiger partial charge on any atom is -0.199 e. The van der Waals surface area contributed by atoms with Crippen molar-refractivity contribution >= 4 is 16.2 Å². The highest BCUT2D eigenvalue weighted by molar-refractivity contribution is 7.90. The van der Waals surface area contributed by atoms with Gasteiger partial charge < -0.3 is 0 Å². The molecule has 0 saturated heterocycles. The Bertz CT molecular complexity index is 701. The molecular weight excluding hydrogens is 258 g/mol. The fourth-order valence-electron chi connectivity index (χ4n) is 1.69. The van der Waals surface area contributed by atoms with Gasteiger partial charge in [0.1, 0.15) is 0 Å². The van der Waals surface area contributed by atoms with Crippen LogP contribution in [-0.4, -0.2) is 14.6 Å². The van der Waals surface area contributed by atoms with Crippen LogP contribution in [0.15, 0.2) is 57.8 Å². The number of sulfonamides is 1. The van der Waals surface area contributed by atoms with E-state index in [2.05, 4.69) is 4.40 Å². The first kappa shape index (κ1) is 13.5. The van der Waals surface area contributed by atoms with Gasteiger partial charge in [0.25, 0.3) is 10.0 Å². The number of rotatable bonds is 3. The summed E-state index contributed by atoms with van der Waals surface area (Å²) in [7, 11) is -3.63. The maximum atomic E-state index is 12.1. The molecule has 0 fully saturated rings. The first-order valence-electron chi connectivity index (χ1n) is 5.92. The van der Waals surface area contributed by atoms with Crippen LogP contribution in [0.3, 0.4) is 0 Å². The van der Waals surface area contributed by atoms with E-state index in [1.54, 1.807) is 31.2 Å². The topological polar surface area (TPSA) is 46.5 Å². The van der Waals surface area contributed by atoms with Crippen molar-refractivity contribution in [3.8, 4) is 0 Å². The molecule has 0 amide bonds. The lowest BCUT2D eigenvalue weighted by Crippen LogP contribution is -2.00. The zero-order valence-electron chi connectivity index (χ0n) is 10.9. The van der Waals surface area contributed by atoms with E-state index in [9.17, 15) is 8.42 Å². The van der Waals surface area contributed by atoms with Gasteiger partial charge in [0.2, 0.25) is 0 Å². The van der Waals surface area contributed by atoms with Gasteiger partial charge in [-0.3, -0.25) is 0 Å². The van der Waals surface area contributed by atoms with Gasteiger partial charge in [0, 0.05) is 6.21 Å². The van der Waals surface area contributed by atoms with Crippen molar-refractivity contribution in [2.75, 3.05) is 0 Å². The second-order valence-electron chi connectivity index (χ2n) is 4.39. The van der Waals surface area contributed by atoms with Crippen LogP contribution in [0, 0.1) is 13.8 Å². The average molecular weight is 273 g/mol. The summed E-state index contributed by atoms with van der Waals surface area (Å²) in [6, 6.07) is 14.3. The largest absolute Gasteiger partial charge is 0.282 e. The molecule has 3 nitrogen and oxygen atoms in total. The molecule has 0 radical (unpaired) electrons. The Morgan fingerprint density at radius 2 is 1.58 bits per heavy atom. The summed E-state index contributed by atoms with van der Waals surface area (Å²) in [4.78, 5) is 0.248. The first-order chi connectivity index (χ1) is 8.99. The summed E-state index contributed by atoms with van der Waals surface area (Å²) >= 11 is 0. The fourth-order valence-corrected chi connectivity index (χ4v) is 2.78. The van der Waals surface area contributed by atoms with E-state index in [1.165, 1.54) is 6.21 Å². The lowest BCUT2D eigenvalue weighted by molar-refractivity contribution is 0.597. The standard InChI is InChI=1S/C15H15NO2S/c1-12-7-9-14(10-8-12)11-16-19(17,18)15-6-4-3-5-13(15)2/h3-11H,1-2H3. The van der Waals surface area contributed by atoms with E-state index in [0.29, 0.717) is 5.56 Å². The fraction of sp³-hybridized carbons (Fsp3) is 0.133. The molecule has 0 spiro atoms. The Morgan fingerprint density at radius 3 is 2.21 bits per heavy atom. The Morgan fingerprint density at radius 1 is 0.947 bits per heavy atom. The van der Waals surface area contributed by atoms with Gasteiger partial charge in [-0.15, -0.1) is 0 Å². The molecule has 0 saturated carbocycles. The van der Waals surface area contributed by atoms with Crippen LogP contribution in [0.25, 0.3) is 0 Å². The van der Waals surface area contributed by atoms with Gasteiger partial charge in [-0.1, -0.05) is 48.0 Å². The van der Waals surface area contributed by atoms with Crippen LogP contribution in [0.1, 0.15) is 16.7 Å². The van der Waals surface area contributed by atoms with Crippen molar-refractivity contribution in [3.05, 3.63) is 65.2 Å². The van der Waals surface area contributed by atoms with Crippen molar-refractivity contribution in [1.29, 1.82) is 0 Å². The molecule has 98 valence electrons. The summed E-state index contributed by atoms with van der Waals surface area (Å²) < 4.78 is 27.9. The Hall–Kier alpha value is -1.94. The molecular formula is C15H15NO2S. The number of benzene rings is 2. The molecule has 2 rings (SSSR count). The molecule has 0 bridgehead atoms. The molecule has 2 aromatic carbocycles. The number of nitrogens with zero attached hydrogens (tertiary/aromatic N) is 1. The third kappa shape index (κ3) is 3.29. The SMILES string of the molecule is Cc1ccc(C=NS(=O)(=O)c2ccccc2C)cc1. The average Bonchev–Trinajstić information content (AvgIpc) is 2.38. The quantitative estimate of drug-likeness (QED) is 0.807. The maximum Gasteiger partial charge on any atom is 0.282 e. The Balaban J connectivity index is 2.32. The molecule has 0 atom stereocenters. The Kier molecular flexibility index (Phi) is 3.81. The van der Waals surface area contributed by atoms with E-state index in [0.717, 1.165) is 11.1 Å². The minimum atomic E-state index is -3.63. The minimum absolute atomic E-state index is 0.248. The predicted molar refractivity (Wildman–Crippen MR) is 77.1 cm³/mol. The second-order valence-corrected chi connectivity index (χ2v) is 5.99. The third-order valence-corrected chi connectivity index (χ3v) is 4.19. The zero-order valence-corrected chi connectivity index (χ0v) is 11.7. The third-order valence-electron chi connectivity index (χ3n) is 2.79. The molecule has 2 aromatic rings. The van der Waals surface area contributed by atoms with Crippen molar-refractivity contribution in [1.82, 2.24) is 0 Å². The van der Waals surface area contributed by atoms with Crippen molar-refractivity contribution in [3.63, 3.8) is 0 Å². The highest BCUT2D eigenvalue weighted by atomic mass is 32.2.